The van der Waals surface area contributed by atoms with E-state index in [9.17, 15) is 9.90 Å². The molecule has 1 amide bonds. The van der Waals surface area contributed by atoms with E-state index >= 15 is 0 Å². The van der Waals surface area contributed by atoms with Crippen LogP contribution in [0, 0.1) is 0 Å². The molecule has 2 aromatic rings. The van der Waals surface area contributed by atoms with E-state index in [-0.39, 0.29) is 11.9 Å². The summed E-state index contributed by atoms with van der Waals surface area (Å²) < 4.78 is 5.11. The second-order valence-corrected chi connectivity index (χ2v) is 5.78. The summed E-state index contributed by atoms with van der Waals surface area (Å²) in [6, 6.07) is 14.1. The number of methoxy groups -OCH3 is 1. The van der Waals surface area contributed by atoms with Gasteiger partial charge in [0, 0.05) is 12.0 Å². The molecule has 0 aromatic heterocycles. The van der Waals surface area contributed by atoms with Gasteiger partial charge in [0.2, 0.25) is 0 Å². The third kappa shape index (κ3) is 4.71. The van der Waals surface area contributed by atoms with Crippen LogP contribution in [0.3, 0.4) is 0 Å². The van der Waals surface area contributed by atoms with Gasteiger partial charge >= 0.3 is 0 Å². The molecule has 5 heteroatoms. The zero-order chi connectivity index (χ0) is 16.8. The number of benzene rings is 2. The number of aliphatic hydroxyl groups excluding tert-OH is 1. The summed E-state index contributed by atoms with van der Waals surface area (Å²) in [6.07, 6.45) is -0.192. The molecule has 0 saturated carbocycles. The topological polar surface area (TPSA) is 58.6 Å². The number of aliphatic hydroxyl groups is 1. The summed E-state index contributed by atoms with van der Waals surface area (Å²) in [7, 11) is 1.50. The lowest BCUT2D eigenvalue weighted by atomic mass is 10.0. The molecule has 2 unspecified atom stereocenters. The average molecular weight is 334 g/mol. The molecule has 23 heavy (non-hydrogen) atoms. The number of nitrogens with one attached hydrogen (secondary N) is 1. The first-order valence-corrected chi connectivity index (χ1v) is 7.75. The predicted molar refractivity (Wildman–Crippen MR) is 91.1 cm³/mol. The molecular weight excluding hydrogens is 314 g/mol. The van der Waals surface area contributed by atoms with Crippen molar-refractivity contribution in [3.8, 4) is 5.75 Å². The summed E-state index contributed by atoms with van der Waals surface area (Å²) in [5.41, 5.74) is 1.46. The Morgan fingerprint density at radius 3 is 2.61 bits per heavy atom. The van der Waals surface area contributed by atoms with Gasteiger partial charge in [-0.2, -0.15) is 0 Å². The summed E-state index contributed by atoms with van der Waals surface area (Å²) in [6.45, 7) is 1.78. The summed E-state index contributed by atoms with van der Waals surface area (Å²) >= 11 is 5.95. The van der Waals surface area contributed by atoms with Crippen LogP contribution in [-0.4, -0.2) is 30.3 Å². The minimum Gasteiger partial charge on any atom is -0.495 e. The Morgan fingerprint density at radius 1 is 1.26 bits per heavy atom. The van der Waals surface area contributed by atoms with E-state index in [0.29, 0.717) is 22.8 Å². The third-order valence-electron chi connectivity index (χ3n) is 3.64. The van der Waals surface area contributed by atoms with Crippen LogP contribution in [0.25, 0.3) is 0 Å². The third-order valence-corrected chi connectivity index (χ3v) is 3.95. The number of halogens is 1. The van der Waals surface area contributed by atoms with E-state index in [0.717, 1.165) is 5.56 Å². The molecule has 0 fully saturated rings. The van der Waals surface area contributed by atoms with Gasteiger partial charge in [-0.15, -0.1) is 0 Å². The molecule has 0 bridgehead atoms. The highest BCUT2D eigenvalue weighted by atomic mass is 35.5. The molecular formula is C18H20ClNO3. The number of carbonyl (C=O) groups excluding carboxylic acids is 1. The average Bonchev–Trinajstić information content (AvgIpc) is 2.56. The standard InChI is InChI=1S/C18H20ClNO3/c1-12(16(21)10-13-6-4-3-5-7-13)20-18(22)14-8-9-15(19)17(11-14)23-2/h3-9,11-12,16,21H,10H2,1-2H3,(H,20,22). The van der Waals surface area contributed by atoms with E-state index in [1.54, 1.807) is 25.1 Å². The maximum Gasteiger partial charge on any atom is 0.251 e. The number of rotatable bonds is 6. The second kappa shape index (κ2) is 7.99. The van der Waals surface area contributed by atoms with Gasteiger partial charge < -0.3 is 15.2 Å². The Kier molecular flexibility index (Phi) is 6.02. The number of hydrogen-bond donors (Lipinski definition) is 2. The van der Waals surface area contributed by atoms with Crippen molar-refractivity contribution in [3.05, 3.63) is 64.7 Å². The first-order chi connectivity index (χ1) is 11.0. The highest BCUT2D eigenvalue weighted by molar-refractivity contribution is 6.32. The molecule has 2 N–H and O–H groups in total. The second-order valence-electron chi connectivity index (χ2n) is 5.37. The SMILES string of the molecule is COc1cc(C(=O)NC(C)C(O)Cc2ccccc2)ccc1Cl. The van der Waals surface area contributed by atoms with Gasteiger partial charge in [-0.3, -0.25) is 4.79 Å². The van der Waals surface area contributed by atoms with Crippen LogP contribution < -0.4 is 10.1 Å². The highest BCUT2D eigenvalue weighted by Gasteiger charge is 2.18. The van der Waals surface area contributed by atoms with Gasteiger partial charge in [0.1, 0.15) is 5.75 Å². The maximum atomic E-state index is 12.3. The quantitative estimate of drug-likeness (QED) is 0.854. The van der Waals surface area contributed by atoms with E-state index in [1.807, 2.05) is 30.3 Å². The van der Waals surface area contributed by atoms with Gasteiger partial charge in [-0.25, -0.2) is 0 Å². The lowest BCUT2D eigenvalue weighted by Crippen LogP contribution is -2.42. The molecule has 2 atom stereocenters. The molecule has 0 aliphatic heterocycles. The van der Waals surface area contributed by atoms with Crippen molar-refractivity contribution < 1.29 is 14.6 Å². The fourth-order valence-electron chi connectivity index (χ4n) is 2.22. The maximum absolute atomic E-state index is 12.3. The van der Waals surface area contributed by atoms with Crippen molar-refractivity contribution in [2.45, 2.75) is 25.5 Å². The zero-order valence-electron chi connectivity index (χ0n) is 13.1. The number of ether oxygens (including phenoxy) is 1. The first kappa shape index (κ1) is 17.3. The molecule has 0 radical (unpaired) electrons. The number of carbonyl (C=O) groups is 1. The van der Waals surface area contributed by atoms with Gasteiger partial charge in [0.05, 0.1) is 24.3 Å². The molecule has 2 aromatic carbocycles. The largest absolute Gasteiger partial charge is 0.495 e. The molecule has 122 valence electrons. The van der Waals surface area contributed by atoms with Crippen LogP contribution >= 0.6 is 11.6 Å². The van der Waals surface area contributed by atoms with Gasteiger partial charge in [-0.1, -0.05) is 41.9 Å². The Hall–Kier alpha value is -2.04. The predicted octanol–water partition coefficient (Wildman–Crippen LogP) is 3.07. The van der Waals surface area contributed by atoms with Crippen molar-refractivity contribution in [1.82, 2.24) is 5.32 Å². The van der Waals surface area contributed by atoms with E-state index in [1.165, 1.54) is 7.11 Å². The van der Waals surface area contributed by atoms with E-state index in [2.05, 4.69) is 5.32 Å². The molecule has 0 saturated heterocycles. The minimum absolute atomic E-state index is 0.278. The van der Waals surface area contributed by atoms with Gasteiger partial charge in [-0.05, 0) is 30.7 Å². The fraction of sp³-hybridized carbons (Fsp3) is 0.278. The summed E-state index contributed by atoms with van der Waals surface area (Å²) in [4.78, 5) is 12.3. The molecule has 2 rings (SSSR count). The van der Waals surface area contributed by atoms with Crippen LogP contribution in [0.4, 0.5) is 0 Å². The molecule has 0 heterocycles. The van der Waals surface area contributed by atoms with Crippen LogP contribution in [-0.2, 0) is 6.42 Å². The van der Waals surface area contributed by atoms with Crippen LogP contribution in [0.5, 0.6) is 5.75 Å². The van der Waals surface area contributed by atoms with E-state index < -0.39 is 6.10 Å². The Labute approximate surface area is 141 Å². The zero-order valence-corrected chi connectivity index (χ0v) is 13.9. The lowest BCUT2D eigenvalue weighted by molar-refractivity contribution is 0.0851. The fourth-order valence-corrected chi connectivity index (χ4v) is 2.41. The summed E-state index contributed by atoms with van der Waals surface area (Å²) in [5, 5.41) is 13.5. The van der Waals surface area contributed by atoms with Gasteiger partial charge in [0.25, 0.3) is 5.91 Å². The normalized spacial score (nSPS) is 13.2. The van der Waals surface area contributed by atoms with Crippen molar-refractivity contribution in [2.75, 3.05) is 7.11 Å². The minimum atomic E-state index is -0.671. The smallest absolute Gasteiger partial charge is 0.251 e. The van der Waals surface area contributed by atoms with Crippen molar-refractivity contribution >= 4 is 17.5 Å². The first-order valence-electron chi connectivity index (χ1n) is 7.37. The van der Waals surface area contributed by atoms with Crippen LogP contribution in [0.15, 0.2) is 48.5 Å². The number of amides is 1. The lowest BCUT2D eigenvalue weighted by Gasteiger charge is -2.20. The molecule has 0 aliphatic carbocycles. The Morgan fingerprint density at radius 2 is 1.96 bits per heavy atom. The molecule has 0 aliphatic rings. The number of hydrogen-bond acceptors (Lipinski definition) is 3. The van der Waals surface area contributed by atoms with Crippen molar-refractivity contribution in [3.63, 3.8) is 0 Å². The summed E-state index contributed by atoms with van der Waals surface area (Å²) in [5.74, 6) is 0.163. The van der Waals surface area contributed by atoms with Crippen molar-refractivity contribution in [2.24, 2.45) is 0 Å². The monoisotopic (exact) mass is 333 g/mol. The molecule has 0 spiro atoms. The van der Waals surface area contributed by atoms with Crippen molar-refractivity contribution in [1.29, 1.82) is 0 Å². The van der Waals surface area contributed by atoms with E-state index in [4.69, 9.17) is 16.3 Å². The highest BCUT2D eigenvalue weighted by Crippen LogP contribution is 2.25. The Balaban J connectivity index is 1.99. The van der Waals surface area contributed by atoms with Crippen LogP contribution in [0.2, 0.25) is 5.02 Å². The molecule has 4 nitrogen and oxygen atoms in total. The Bertz CT molecular complexity index is 661. The van der Waals surface area contributed by atoms with Crippen LogP contribution in [0.1, 0.15) is 22.8 Å². The van der Waals surface area contributed by atoms with Gasteiger partial charge in [0.15, 0.2) is 0 Å².